The van der Waals surface area contributed by atoms with Crippen molar-refractivity contribution in [1.29, 1.82) is 0 Å². The van der Waals surface area contributed by atoms with Crippen molar-refractivity contribution < 1.29 is 14.4 Å². The van der Waals surface area contributed by atoms with E-state index in [1.165, 1.54) is 12.1 Å². The smallest absolute Gasteiger partial charge is 0.253 e. The summed E-state index contributed by atoms with van der Waals surface area (Å²) in [6, 6.07) is 4.40. The standard InChI is InChI=1S/C10H8Cl2N2O3/c11-6-1-2-8(12)7(3-6)10(17)13-4-9(16)14-5-15/h1-3,5H,4H2,(H,13,17)(H,14,15,16). The first-order valence-corrected chi connectivity index (χ1v) is 5.26. The first-order valence-electron chi connectivity index (χ1n) is 4.51. The maximum Gasteiger partial charge on any atom is 0.253 e. The van der Waals surface area contributed by atoms with E-state index in [0.717, 1.165) is 0 Å². The zero-order valence-corrected chi connectivity index (χ0v) is 10.0. The van der Waals surface area contributed by atoms with Gasteiger partial charge in [0.05, 0.1) is 17.1 Å². The quantitative estimate of drug-likeness (QED) is 0.805. The summed E-state index contributed by atoms with van der Waals surface area (Å²) in [5, 5.41) is 4.77. The third kappa shape index (κ3) is 4.05. The van der Waals surface area contributed by atoms with Crippen molar-refractivity contribution in [2.75, 3.05) is 6.54 Å². The number of carbonyl (C=O) groups excluding carboxylic acids is 3. The highest BCUT2D eigenvalue weighted by atomic mass is 35.5. The fourth-order valence-electron chi connectivity index (χ4n) is 1.04. The second-order valence-electron chi connectivity index (χ2n) is 2.99. The number of imide groups is 1. The van der Waals surface area contributed by atoms with Gasteiger partial charge in [0, 0.05) is 5.02 Å². The van der Waals surface area contributed by atoms with Gasteiger partial charge in [-0.1, -0.05) is 23.2 Å². The van der Waals surface area contributed by atoms with Gasteiger partial charge in [-0.05, 0) is 18.2 Å². The van der Waals surface area contributed by atoms with Crippen LogP contribution in [-0.2, 0) is 9.59 Å². The Morgan fingerprint density at radius 3 is 2.65 bits per heavy atom. The highest BCUT2D eigenvalue weighted by Gasteiger charge is 2.11. The Morgan fingerprint density at radius 2 is 2.00 bits per heavy atom. The van der Waals surface area contributed by atoms with Crippen molar-refractivity contribution in [3.05, 3.63) is 33.8 Å². The molecule has 0 saturated heterocycles. The lowest BCUT2D eigenvalue weighted by Crippen LogP contribution is -2.36. The molecule has 0 aliphatic rings. The molecule has 17 heavy (non-hydrogen) atoms. The topological polar surface area (TPSA) is 75.3 Å². The molecule has 0 atom stereocenters. The van der Waals surface area contributed by atoms with E-state index in [-0.39, 0.29) is 23.5 Å². The molecule has 90 valence electrons. The third-order valence-corrected chi connectivity index (χ3v) is 2.37. The van der Waals surface area contributed by atoms with E-state index in [4.69, 9.17) is 23.2 Å². The summed E-state index contributed by atoms with van der Waals surface area (Å²) in [4.78, 5) is 32.5. The minimum Gasteiger partial charge on any atom is -0.343 e. The highest BCUT2D eigenvalue weighted by molar-refractivity contribution is 6.35. The molecule has 1 rings (SSSR count). The number of carbonyl (C=O) groups is 3. The van der Waals surface area contributed by atoms with E-state index in [1.54, 1.807) is 6.07 Å². The molecule has 1 aromatic rings. The predicted molar refractivity (Wildman–Crippen MR) is 63.0 cm³/mol. The summed E-state index contributed by atoms with van der Waals surface area (Å²) in [7, 11) is 0. The van der Waals surface area contributed by atoms with Crippen molar-refractivity contribution in [3.8, 4) is 0 Å². The third-order valence-electron chi connectivity index (χ3n) is 1.80. The minimum absolute atomic E-state index is 0.165. The van der Waals surface area contributed by atoms with Gasteiger partial charge in [-0.25, -0.2) is 0 Å². The first kappa shape index (κ1) is 13.5. The van der Waals surface area contributed by atoms with Gasteiger partial charge < -0.3 is 5.32 Å². The summed E-state index contributed by atoms with van der Waals surface area (Å²) < 4.78 is 0. The van der Waals surface area contributed by atoms with Crippen LogP contribution in [0.1, 0.15) is 10.4 Å². The number of hydrogen-bond acceptors (Lipinski definition) is 3. The molecular formula is C10H8Cl2N2O3. The Balaban J connectivity index is 2.67. The summed E-state index contributed by atoms with van der Waals surface area (Å²) in [5.41, 5.74) is 0.165. The van der Waals surface area contributed by atoms with Crippen molar-refractivity contribution >= 4 is 41.4 Å². The second-order valence-corrected chi connectivity index (χ2v) is 3.84. The number of benzene rings is 1. The first-order chi connectivity index (χ1) is 8.04. The summed E-state index contributed by atoms with van der Waals surface area (Å²) in [6.07, 6.45) is 0.237. The molecule has 0 bridgehead atoms. The van der Waals surface area contributed by atoms with E-state index < -0.39 is 11.8 Å². The van der Waals surface area contributed by atoms with Crippen LogP contribution in [0.4, 0.5) is 0 Å². The molecule has 0 fully saturated rings. The normalized spacial score (nSPS) is 9.53. The molecule has 2 N–H and O–H groups in total. The SMILES string of the molecule is O=CNC(=O)CNC(=O)c1cc(Cl)ccc1Cl. The average molecular weight is 275 g/mol. The van der Waals surface area contributed by atoms with E-state index in [0.29, 0.717) is 5.02 Å². The molecule has 0 aliphatic heterocycles. The van der Waals surface area contributed by atoms with Gasteiger partial charge in [-0.3, -0.25) is 19.7 Å². The lowest BCUT2D eigenvalue weighted by Gasteiger charge is -2.05. The number of halogens is 2. The zero-order chi connectivity index (χ0) is 12.8. The zero-order valence-electron chi connectivity index (χ0n) is 8.50. The highest BCUT2D eigenvalue weighted by Crippen LogP contribution is 2.20. The molecular weight excluding hydrogens is 267 g/mol. The van der Waals surface area contributed by atoms with E-state index in [2.05, 4.69) is 5.32 Å². The van der Waals surface area contributed by atoms with Gasteiger partial charge in [0.25, 0.3) is 5.91 Å². The number of amides is 3. The molecule has 0 heterocycles. The van der Waals surface area contributed by atoms with Crippen molar-refractivity contribution in [1.82, 2.24) is 10.6 Å². The maximum atomic E-state index is 11.6. The van der Waals surface area contributed by atoms with Crippen LogP contribution in [0.3, 0.4) is 0 Å². The summed E-state index contributed by atoms with van der Waals surface area (Å²) in [6.45, 7) is -0.319. The fourth-order valence-corrected chi connectivity index (χ4v) is 1.42. The van der Waals surface area contributed by atoms with Gasteiger partial charge in [-0.2, -0.15) is 0 Å². The van der Waals surface area contributed by atoms with Crippen molar-refractivity contribution in [3.63, 3.8) is 0 Å². The molecule has 0 unspecified atom stereocenters. The van der Waals surface area contributed by atoms with E-state index >= 15 is 0 Å². The molecule has 3 amide bonds. The fraction of sp³-hybridized carbons (Fsp3) is 0.100. The van der Waals surface area contributed by atoms with Crippen LogP contribution in [0.15, 0.2) is 18.2 Å². The average Bonchev–Trinajstić information content (AvgIpc) is 2.29. The number of hydrogen-bond donors (Lipinski definition) is 2. The van der Waals surface area contributed by atoms with Crippen LogP contribution in [-0.4, -0.2) is 24.8 Å². The minimum atomic E-state index is -0.619. The maximum absolute atomic E-state index is 11.6. The van der Waals surface area contributed by atoms with Crippen molar-refractivity contribution in [2.45, 2.75) is 0 Å². The monoisotopic (exact) mass is 274 g/mol. The van der Waals surface area contributed by atoms with Crippen LogP contribution in [0.5, 0.6) is 0 Å². The van der Waals surface area contributed by atoms with Crippen LogP contribution < -0.4 is 10.6 Å². The molecule has 1 aromatic carbocycles. The Morgan fingerprint density at radius 1 is 1.29 bits per heavy atom. The summed E-state index contributed by atoms with van der Waals surface area (Å²) >= 11 is 11.5. The molecule has 0 radical (unpaired) electrons. The predicted octanol–water partition coefficient (Wildman–Crippen LogP) is 0.996. The number of nitrogens with one attached hydrogen (secondary N) is 2. The number of rotatable bonds is 4. The van der Waals surface area contributed by atoms with E-state index in [1.807, 2.05) is 5.32 Å². The van der Waals surface area contributed by atoms with Gasteiger partial charge >= 0.3 is 0 Å². The lowest BCUT2D eigenvalue weighted by molar-refractivity contribution is -0.124. The molecule has 5 nitrogen and oxygen atoms in total. The Kier molecular flexibility index (Phi) is 4.93. The van der Waals surface area contributed by atoms with E-state index in [9.17, 15) is 14.4 Å². The summed E-state index contributed by atoms with van der Waals surface area (Å²) in [5.74, 6) is -1.16. The van der Waals surface area contributed by atoms with Gasteiger partial charge in [0.2, 0.25) is 12.3 Å². The molecule has 0 spiro atoms. The van der Waals surface area contributed by atoms with Gasteiger partial charge in [-0.15, -0.1) is 0 Å². The second kappa shape index (κ2) is 6.22. The molecule has 0 aliphatic carbocycles. The van der Waals surface area contributed by atoms with Crippen LogP contribution >= 0.6 is 23.2 Å². The van der Waals surface area contributed by atoms with Crippen LogP contribution in [0.25, 0.3) is 0 Å². The molecule has 0 saturated carbocycles. The van der Waals surface area contributed by atoms with Gasteiger partial charge in [0.1, 0.15) is 0 Å². The molecule has 0 aromatic heterocycles. The largest absolute Gasteiger partial charge is 0.343 e. The Labute approximate surface area is 107 Å². The van der Waals surface area contributed by atoms with Crippen LogP contribution in [0, 0.1) is 0 Å². The van der Waals surface area contributed by atoms with Crippen molar-refractivity contribution in [2.24, 2.45) is 0 Å². The molecule has 7 heteroatoms. The lowest BCUT2D eigenvalue weighted by atomic mass is 10.2. The Hall–Kier alpha value is -1.59. The van der Waals surface area contributed by atoms with Crippen LogP contribution in [0.2, 0.25) is 10.0 Å². The Bertz CT molecular complexity index is 463. The van der Waals surface area contributed by atoms with Gasteiger partial charge in [0.15, 0.2) is 0 Å².